The van der Waals surface area contributed by atoms with E-state index >= 15 is 0 Å². The lowest BCUT2D eigenvalue weighted by Gasteiger charge is -2.20. The number of carboxylic acids is 1. The zero-order chi connectivity index (χ0) is 15.5. The van der Waals surface area contributed by atoms with Gasteiger partial charge < -0.3 is 25.7 Å². The summed E-state index contributed by atoms with van der Waals surface area (Å²) in [7, 11) is 2.07. The van der Waals surface area contributed by atoms with Gasteiger partial charge in [0.25, 0.3) is 0 Å². The number of aliphatic hydroxyl groups excluding tert-OH is 1. The van der Waals surface area contributed by atoms with E-state index < -0.39 is 12.1 Å². The second kappa shape index (κ2) is 10.4. The maximum atomic E-state index is 11.3. The topological polar surface area (TPSA) is 102 Å². The number of carbonyl (C=O) groups excluding carboxylic acids is 1. The van der Waals surface area contributed by atoms with Crippen molar-refractivity contribution >= 4 is 12.0 Å². The van der Waals surface area contributed by atoms with Gasteiger partial charge in [0, 0.05) is 25.6 Å². The summed E-state index contributed by atoms with van der Waals surface area (Å²) in [6, 6.07) is 0.187. The van der Waals surface area contributed by atoms with Crippen molar-refractivity contribution in [2.75, 3.05) is 26.7 Å². The summed E-state index contributed by atoms with van der Waals surface area (Å²) in [6.07, 6.45) is 0.471. The van der Waals surface area contributed by atoms with Crippen molar-refractivity contribution in [3.05, 3.63) is 0 Å². The Morgan fingerprint density at radius 3 is 2.30 bits per heavy atom. The van der Waals surface area contributed by atoms with Crippen molar-refractivity contribution in [1.29, 1.82) is 0 Å². The number of nitrogens with one attached hydrogen (secondary N) is 2. The Labute approximate surface area is 120 Å². The molecule has 0 radical (unpaired) electrons. The third-order valence-electron chi connectivity index (χ3n) is 3.09. The van der Waals surface area contributed by atoms with Gasteiger partial charge in [0.2, 0.25) is 0 Å². The summed E-state index contributed by atoms with van der Waals surface area (Å²) in [6.45, 7) is 5.98. The van der Waals surface area contributed by atoms with Gasteiger partial charge in [-0.2, -0.15) is 0 Å². The number of carboxylic acid groups (broad SMARTS) is 1. The molecule has 0 spiro atoms. The molecule has 0 heterocycles. The van der Waals surface area contributed by atoms with E-state index in [2.05, 4.69) is 36.4 Å². The molecule has 0 bridgehead atoms. The first-order chi connectivity index (χ1) is 9.34. The van der Waals surface area contributed by atoms with E-state index in [1.54, 1.807) is 0 Å². The van der Waals surface area contributed by atoms with Crippen LogP contribution in [0.5, 0.6) is 0 Å². The van der Waals surface area contributed by atoms with E-state index in [4.69, 9.17) is 10.2 Å². The Balaban J connectivity index is 3.48. The van der Waals surface area contributed by atoms with Crippen LogP contribution in [-0.4, -0.2) is 65.9 Å². The minimum atomic E-state index is -1.43. The highest BCUT2D eigenvalue weighted by Gasteiger charge is 2.12. The van der Waals surface area contributed by atoms with Crippen LogP contribution >= 0.6 is 0 Å². The van der Waals surface area contributed by atoms with Crippen molar-refractivity contribution in [2.24, 2.45) is 0 Å². The lowest BCUT2D eigenvalue weighted by atomic mass is 10.2. The van der Waals surface area contributed by atoms with Gasteiger partial charge in [0.1, 0.15) is 0 Å². The molecule has 20 heavy (non-hydrogen) atoms. The molecule has 7 nitrogen and oxygen atoms in total. The van der Waals surface area contributed by atoms with Crippen LogP contribution in [0.25, 0.3) is 0 Å². The monoisotopic (exact) mass is 289 g/mol. The molecule has 0 aromatic rings. The van der Waals surface area contributed by atoms with Gasteiger partial charge >= 0.3 is 12.0 Å². The highest BCUT2D eigenvalue weighted by atomic mass is 16.4. The van der Waals surface area contributed by atoms with Gasteiger partial charge in [0.15, 0.2) is 6.10 Å². The average Bonchev–Trinajstić information content (AvgIpc) is 2.37. The zero-order valence-corrected chi connectivity index (χ0v) is 12.6. The number of carbonyl (C=O) groups is 2. The van der Waals surface area contributed by atoms with Gasteiger partial charge in [-0.15, -0.1) is 0 Å². The molecule has 2 amide bonds. The Hall–Kier alpha value is -1.34. The third kappa shape index (κ3) is 9.57. The quantitative estimate of drug-likeness (QED) is 0.432. The van der Waals surface area contributed by atoms with Crippen molar-refractivity contribution in [2.45, 2.75) is 45.3 Å². The fraction of sp³-hybridized carbons (Fsp3) is 0.846. The van der Waals surface area contributed by atoms with E-state index in [0.717, 1.165) is 19.4 Å². The van der Waals surface area contributed by atoms with Crippen molar-refractivity contribution < 1.29 is 19.8 Å². The predicted molar refractivity (Wildman–Crippen MR) is 76.7 cm³/mol. The van der Waals surface area contributed by atoms with Gasteiger partial charge in [-0.3, -0.25) is 0 Å². The minimum absolute atomic E-state index is 0.00192. The van der Waals surface area contributed by atoms with Crippen LogP contribution in [0.3, 0.4) is 0 Å². The standard InChI is InChI=1S/C13H27N3O4/c1-10(2)16(3)9-5-4-7-14-13(20)15-8-6-11(17)12(18)19/h10-11,17H,4-9H2,1-3H3,(H,18,19)(H2,14,15,20)/t11-/m0/s1. The van der Waals surface area contributed by atoms with Gasteiger partial charge in [-0.05, 0) is 40.3 Å². The molecule has 0 fully saturated rings. The van der Waals surface area contributed by atoms with E-state index in [9.17, 15) is 9.59 Å². The number of urea groups is 1. The minimum Gasteiger partial charge on any atom is -0.479 e. The van der Waals surface area contributed by atoms with Crippen LogP contribution in [0.1, 0.15) is 33.1 Å². The molecule has 0 aliphatic rings. The molecule has 4 N–H and O–H groups in total. The fourth-order valence-electron chi connectivity index (χ4n) is 1.45. The number of rotatable bonds is 10. The number of nitrogens with zero attached hydrogens (tertiary/aromatic N) is 1. The van der Waals surface area contributed by atoms with E-state index in [1.807, 2.05) is 0 Å². The van der Waals surface area contributed by atoms with Crippen molar-refractivity contribution in [3.8, 4) is 0 Å². The molecule has 0 rings (SSSR count). The molecule has 0 aromatic heterocycles. The molecule has 1 atom stereocenters. The Morgan fingerprint density at radius 2 is 1.75 bits per heavy atom. The van der Waals surface area contributed by atoms with Gasteiger partial charge in [-0.25, -0.2) is 9.59 Å². The Bertz CT molecular complexity index is 297. The molecule has 7 heteroatoms. The summed E-state index contributed by atoms with van der Waals surface area (Å²) in [5.74, 6) is -1.28. The number of aliphatic hydroxyl groups is 1. The van der Waals surface area contributed by atoms with Gasteiger partial charge in [0.05, 0.1) is 0 Å². The second-order valence-electron chi connectivity index (χ2n) is 5.11. The number of aliphatic carboxylic acids is 1. The van der Waals surface area contributed by atoms with E-state index in [1.165, 1.54) is 0 Å². The molecule has 0 aliphatic carbocycles. The van der Waals surface area contributed by atoms with Crippen LogP contribution in [0, 0.1) is 0 Å². The number of amides is 2. The molecule has 0 saturated carbocycles. The van der Waals surface area contributed by atoms with Gasteiger partial charge in [-0.1, -0.05) is 0 Å². The smallest absolute Gasteiger partial charge is 0.332 e. The normalized spacial score (nSPS) is 12.5. The third-order valence-corrected chi connectivity index (χ3v) is 3.09. The van der Waals surface area contributed by atoms with Crippen molar-refractivity contribution in [1.82, 2.24) is 15.5 Å². The lowest BCUT2D eigenvalue weighted by Crippen LogP contribution is -2.38. The molecule has 0 aliphatic heterocycles. The van der Waals surface area contributed by atoms with Crippen molar-refractivity contribution in [3.63, 3.8) is 0 Å². The van der Waals surface area contributed by atoms with Crippen LogP contribution in [-0.2, 0) is 4.79 Å². The molecular formula is C13H27N3O4. The average molecular weight is 289 g/mol. The summed E-state index contributed by atoms with van der Waals surface area (Å²) in [5.41, 5.74) is 0. The highest BCUT2D eigenvalue weighted by Crippen LogP contribution is 1.97. The zero-order valence-electron chi connectivity index (χ0n) is 12.6. The first-order valence-electron chi connectivity index (χ1n) is 6.97. The van der Waals surface area contributed by atoms with Crippen LogP contribution < -0.4 is 10.6 Å². The summed E-state index contributed by atoms with van der Waals surface area (Å²) in [5, 5.41) is 22.6. The first-order valence-corrected chi connectivity index (χ1v) is 6.97. The number of unbranched alkanes of at least 4 members (excludes halogenated alkanes) is 1. The molecule has 0 saturated heterocycles. The lowest BCUT2D eigenvalue weighted by molar-refractivity contribution is -0.146. The highest BCUT2D eigenvalue weighted by molar-refractivity contribution is 5.74. The largest absolute Gasteiger partial charge is 0.479 e. The van der Waals surface area contributed by atoms with Crippen LogP contribution in [0.2, 0.25) is 0 Å². The van der Waals surface area contributed by atoms with Crippen LogP contribution in [0.15, 0.2) is 0 Å². The Morgan fingerprint density at radius 1 is 1.15 bits per heavy atom. The molecule has 0 unspecified atom stereocenters. The van der Waals surface area contributed by atoms with Crippen LogP contribution in [0.4, 0.5) is 4.79 Å². The maximum absolute atomic E-state index is 11.3. The Kier molecular flexibility index (Phi) is 9.75. The summed E-state index contributed by atoms with van der Waals surface area (Å²) in [4.78, 5) is 23.9. The molecule has 118 valence electrons. The summed E-state index contributed by atoms with van der Waals surface area (Å²) < 4.78 is 0. The predicted octanol–water partition coefficient (Wildman–Crippen LogP) is 0.242. The molecular weight excluding hydrogens is 262 g/mol. The SMILES string of the molecule is CC(C)N(C)CCCCNC(=O)NCC[C@H](O)C(=O)O. The van der Waals surface area contributed by atoms with E-state index in [0.29, 0.717) is 12.6 Å². The maximum Gasteiger partial charge on any atom is 0.332 e. The second-order valence-corrected chi connectivity index (χ2v) is 5.11. The number of hydrogen-bond acceptors (Lipinski definition) is 4. The number of hydrogen-bond donors (Lipinski definition) is 4. The first kappa shape index (κ1) is 18.7. The summed E-state index contributed by atoms with van der Waals surface area (Å²) >= 11 is 0. The fourth-order valence-corrected chi connectivity index (χ4v) is 1.45. The van der Waals surface area contributed by atoms with E-state index in [-0.39, 0.29) is 19.0 Å². The molecule has 0 aromatic carbocycles.